The zero-order valence-corrected chi connectivity index (χ0v) is 19.8. The van der Waals surface area contributed by atoms with Crippen LogP contribution in [0.2, 0.25) is 0 Å². The number of rotatable bonds is 7. The van der Waals surface area contributed by atoms with Crippen molar-refractivity contribution in [3.63, 3.8) is 0 Å². The number of urea groups is 1. The molecule has 2 amide bonds. The van der Waals surface area contributed by atoms with E-state index in [1.807, 2.05) is 72.5 Å². The van der Waals surface area contributed by atoms with Crippen LogP contribution in [0.5, 0.6) is 0 Å². The molecule has 0 aliphatic heterocycles. The second-order valence-corrected chi connectivity index (χ2v) is 9.11. The molecule has 0 saturated heterocycles. The van der Waals surface area contributed by atoms with Crippen molar-refractivity contribution in [2.45, 2.75) is 19.9 Å². The molecule has 0 aliphatic carbocycles. The largest absolute Gasteiger partial charge is 0.322 e. The van der Waals surface area contributed by atoms with Crippen LogP contribution in [0, 0.1) is 6.92 Å². The van der Waals surface area contributed by atoms with Gasteiger partial charge < -0.3 is 10.2 Å². The summed E-state index contributed by atoms with van der Waals surface area (Å²) >= 11 is 1.63. The number of amides is 2. The fraction of sp³-hybridized carbons (Fsp3) is 0.143. The van der Waals surface area contributed by atoms with E-state index in [1.54, 1.807) is 11.3 Å². The molecule has 0 spiro atoms. The second-order valence-electron chi connectivity index (χ2n) is 8.27. The molecular weight excluding hydrogens is 440 g/mol. The number of imidazole rings is 1. The average Bonchev–Trinajstić information content (AvgIpc) is 3.46. The van der Waals surface area contributed by atoms with Gasteiger partial charge in [-0.2, -0.15) is 0 Å². The quantitative estimate of drug-likeness (QED) is 0.292. The molecule has 6 heteroatoms. The molecule has 2 aromatic heterocycles. The average molecular weight is 467 g/mol. The number of hydrogen-bond donors (Lipinski definition) is 1. The number of thiazole rings is 1. The van der Waals surface area contributed by atoms with E-state index < -0.39 is 0 Å². The van der Waals surface area contributed by atoms with Crippen molar-refractivity contribution in [3.8, 4) is 11.3 Å². The summed E-state index contributed by atoms with van der Waals surface area (Å²) in [5, 5.41) is 5.23. The first kappa shape index (κ1) is 21.9. The van der Waals surface area contributed by atoms with Gasteiger partial charge in [-0.3, -0.25) is 4.40 Å². The standard InChI is InChI=1S/C28H26N4OS/c1-21-10-8-9-15-25(21)29-27(33)31(18-22-11-4-2-5-12-22)17-16-24-20-34-28-30-26(19-32(24)28)23-13-6-3-7-14-23/h2-15,19-20H,16-18H2,1H3,(H,29,33). The predicted octanol–water partition coefficient (Wildman–Crippen LogP) is 6.65. The maximum absolute atomic E-state index is 13.3. The third kappa shape index (κ3) is 4.87. The molecule has 5 aromatic rings. The highest BCUT2D eigenvalue weighted by Crippen LogP contribution is 2.24. The second kappa shape index (κ2) is 9.93. The molecule has 0 atom stereocenters. The number of nitrogens with zero attached hydrogens (tertiary/aromatic N) is 3. The van der Waals surface area contributed by atoms with Gasteiger partial charge in [0.05, 0.1) is 5.69 Å². The van der Waals surface area contributed by atoms with Gasteiger partial charge in [0.15, 0.2) is 4.96 Å². The summed E-state index contributed by atoms with van der Waals surface area (Å²) in [5.41, 5.74) is 6.20. The molecule has 2 heterocycles. The Morgan fingerprint density at radius 1 is 0.971 bits per heavy atom. The Bertz CT molecular complexity index is 1390. The zero-order chi connectivity index (χ0) is 23.3. The van der Waals surface area contributed by atoms with E-state index in [-0.39, 0.29) is 6.03 Å². The summed E-state index contributed by atoms with van der Waals surface area (Å²) in [6, 6.07) is 28.1. The lowest BCUT2D eigenvalue weighted by atomic mass is 10.2. The van der Waals surface area contributed by atoms with Crippen molar-refractivity contribution in [3.05, 3.63) is 113 Å². The Morgan fingerprint density at radius 3 is 2.44 bits per heavy atom. The molecule has 0 fully saturated rings. The van der Waals surface area contributed by atoms with Crippen LogP contribution in [0.3, 0.4) is 0 Å². The lowest BCUT2D eigenvalue weighted by Crippen LogP contribution is -2.36. The lowest BCUT2D eigenvalue weighted by molar-refractivity contribution is 0.209. The van der Waals surface area contributed by atoms with Crippen molar-refractivity contribution >= 4 is 28.0 Å². The number of carbonyl (C=O) groups is 1. The van der Waals surface area contributed by atoms with Crippen molar-refractivity contribution in [2.24, 2.45) is 0 Å². The van der Waals surface area contributed by atoms with Crippen molar-refractivity contribution in [1.82, 2.24) is 14.3 Å². The first-order valence-electron chi connectivity index (χ1n) is 11.3. The van der Waals surface area contributed by atoms with Crippen LogP contribution in [0.15, 0.2) is 96.5 Å². The molecule has 0 unspecified atom stereocenters. The number of carbonyl (C=O) groups excluding carboxylic acids is 1. The fourth-order valence-corrected chi connectivity index (χ4v) is 4.88. The van der Waals surface area contributed by atoms with Gasteiger partial charge in [-0.1, -0.05) is 78.9 Å². The van der Waals surface area contributed by atoms with Gasteiger partial charge in [0.1, 0.15) is 0 Å². The number of hydrogen-bond acceptors (Lipinski definition) is 3. The van der Waals surface area contributed by atoms with Gasteiger partial charge in [-0.05, 0) is 24.1 Å². The van der Waals surface area contributed by atoms with Crippen LogP contribution >= 0.6 is 11.3 Å². The van der Waals surface area contributed by atoms with Gasteiger partial charge in [0.2, 0.25) is 0 Å². The van der Waals surface area contributed by atoms with E-state index in [0.717, 1.165) is 45.1 Å². The van der Waals surface area contributed by atoms with E-state index in [0.29, 0.717) is 13.1 Å². The first-order chi connectivity index (χ1) is 16.7. The lowest BCUT2D eigenvalue weighted by Gasteiger charge is -2.24. The van der Waals surface area contributed by atoms with Gasteiger partial charge in [0, 0.05) is 48.0 Å². The van der Waals surface area contributed by atoms with E-state index in [4.69, 9.17) is 4.98 Å². The van der Waals surface area contributed by atoms with Crippen molar-refractivity contribution in [1.29, 1.82) is 0 Å². The molecule has 170 valence electrons. The molecule has 5 nitrogen and oxygen atoms in total. The van der Waals surface area contributed by atoms with Crippen LogP contribution in [0.4, 0.5) is 10.5 Å². The number of aryl methyl sites for hydroxylation is 1. The molecule has 1 N–H and O–H groups in total. The molecule has 3 aromatic carbocycles. The molecule has 34 heavy (non-hydrogen) atoms. The van der Waals surface area contributed by atoms with Crippen LogP contribution in [-0.4, -0.2) is 26.9 Å². The Balaban J connectivity index is 1.36. The summed E-state index contributed by atoms with van der Waals surface area (Å²) in [6.07, 6.45) is 2.82. The minimum atomic E-state index is -0.0970. The predicted molar refractivity (Wildman–Crippen MR) is 139 cm³/mol. The highest BCUT2D eigenvalue weighted by Gasteiger charge is 2.17. The molecule has 0 bridgehead atoms. The Labute approximate surface area is 203 Å². The number of para-hydroxylation sites is 1. The zero-order valence-electron chi connectivity index (χ0n) is 19.0. The van der Waals surface area contributed by atoms with Gasteiger partial charge in [-0.15, -0.1) is 11.3 Å². The molecule has 0 saturated carbocycles. The Morgan fingerprint density at radius 2 is 1.68 bits per heavy atom. The first-order valence-corrected chi connectivity index (χ1v) is 12.2. The molecular formula is C28H26N4OS. The van der Waals surface area contributed by atoms with Crippen LogP contribution < -0.4 is 5.32 Å². The van der Waals surface area contributed by atoms with E-state index in [2.05, 4.69) is 45.6 Å². The minimum Gasteiger partial charge on any atom is -0.320 e. The maximum Gasteiger partial charge on any atom is 0.322 e. The monoisotopic (exact) mass is 466 g/mol. The van der Waals surface area contributed by atoms with Crippen molar-refractivity contribution in [2.75, 3.05) is 11.9 Å². The molecule has 0 radical (unpaired) electrons. The van der Waals surface area contributed by atoms with Crippen molar-refractivity contribution < 1.29 is 4.79 Å². The number of benzene rings is 3. The topological polar surface area (TPSA) is 49.6 Å². The Hall–Kier alpha value is -3.90. The normalized spacial score (nSPS) is 11.0. The van der Waals surface area contributed by atoms with E-state index >= 15 is 0 Å². The summed E-state index contributed by atoms with van der Waals surface area (Å²) < 4.78 is 2.15. The minimum absolute atomic E-state index is 0.0970. The molecule has 0 aliphatic rings. The van der Waals surface area contributed by atoms with E-state index in [9.17, 15) is 4.79 Å². The van der Waals surface area contributed by atoms with Crippen LogP contribution in [0.1, 0.15) is 16.8 Å². The smallest absolute Gasteiger partial charge is 0.320 e. The number of aromatic nitrogens is 2. The fourth-order valence-electron chi connectivity index (χ4n) is 3.97. The SMILES string of the molecule is Cc1ccccc1NC(=O)N(CCc1csc2nc(-c3ccccc3)cn12)Cc1ccccc1. The Kier molecular flexibility index (Phi) is 6.40. The summed E-state index contributed by atoms with van der Waals surface area (Å²) in [6.45, 7) is 3.14. The van der Waals surface area contributed by atoms with Gasteiger partial charge in [-0.25, -0.2) is 9.78 Å². The van der Waals surface area contributed by atoms with Gasteiger partial charge >= 0.3 is 6.03 Å². The number of nitrogens with one attached hydrogen (secondary N) is 1. The molecule has 5 rings (SSSR count). The van der Waals surface area contributed by atoms with Crippen LogP contribution in [0.25, 0.3) is 16.2 Å². The van der Waals surface area contributed by atoms with Crippen LogP contribution in [-0.2, 0) is 13.0 Å². The number of anilines is 1. The third-order valence-electron chi connectivity index (χ3n) is 5.88. The highest BCUT2D eigenvalue weighted by atomic mass is 32.1. The van der Waals surface area contributed by atoms with E-state index in [1.165, 1.54) is 0 Å². The summed E-state index contributed by atoms with van der Waals surface area (Å²) in [5.74, 6) is 0. The summed E-state index contributed by atoms with van der Waals surface area (Å²) in [4.78, 5) is 20.9. The maximum atomic E-state index is 13.3. The number of fused-ring (bicyclic) bond motifs is 1. The summed E-state index contributed by atoms with van der Waals surface area (Å²) in [7, 11) is 0. The third-order valence-corrected chi connectivity index (χ3v) is 6.77. The van der Waals surface area contributed by atoms with Gasteiger partial charge in [0.25, 0.3) is 0 Å². The highest BCUT2D eigenvalue weighted by molar-refractivity contribution is 7.15.